The summed E-state index contributed by atoms with van der Waals surface area (Å²) < 4.78 is 24.1. The largest absolute Gasteiger partial charge is 0.490 e. The normalized spacial score (nSPS) is 12.2. The molecule has 5 aromatic rings. The molecule has 1 aromatic heterocycles. The molecule has 0 saturated heterocycles. The first kappa shape index (κ1) is 24.2. The standard InChI is InChI=1S/C31H25N3O5/c1-2-36-28-16-21(12-14-26(28)37-19-22-13-15-27-29(17-22)39-20-38-27)18-32-34-30(23-8-4-3-5-9-23)33-25-11-7-6-10-24(25)31(34)35/h3-18H,2,19-20H2,1H3. The van der Waals surface area contributed by atoms with Gasteiger partial charge in [0.05, 0.1) is 23.7 Å². The average molecular weight is 520 g/mol. The summed E-state index contributed by atoms with van der Waals surface area (Å²) in [5.74, 6) is 3.08. The second kappa shape index (κ2) is 10.7. The number of ether oxygens (including phenoxy) is 4. The van der Waals surface area contributed by atoms with Gasteiger partial charge in [-0.15, -0.1) is 0 Å². The maximum absolute atomic E-state index is 13.4. The molecule has 4 aromatic carbocycles. The molecule has 0 bridgehead atoms. The van der Waals surface area contributed by atoms with Crippen molar-refractivity contribution in [3.8, 4) is 34.4 Å². The van der Waals surface area contributed by atoms with Crippen molar-refractivity contribution in [2.45, 2.75) is 13.5 Å². The predicted molar refractivity (Wildman–Crippen MR) is 149 cm³/mol. The van der Waals surface area contributed by atoms with Gasteiger partial charge < -0.3 is 18.9 Å². The van der Waals surface area contributed by atoms with Crippen LogP contribution >= 0.6 is 0 Å². The number of hydrogen-bond acceptors (Lipinski definition) is 7. The third-order valence-corrected chi connectivity index (χ3v) is 6.21. The number of rotatable bonds is 8. The van der Waals surface area contributed by atoms with Gasteiger partial charge in [-0.2, -0.15) is 9.78 Å². The van der Waals surface area contributed by atoms with Gasteiger partial charge in [0.2, 0.25) is 6.79 Å². The highest BCUT2D eigenvalue weighted by Gasteiger charge is 2.15. The quantitative estimate of drug-likeness (QED) is 0.246. The molecule has 0 fully saturated rings. The van der Waals surface area contributed by atoms with Crippen molar-refractivity contribution in [3.05, 3.63) is 112 Å². The Kier molecular flexibility index (Phi) is 6.66. The maximum Gasteiger partial charge on any atom is 0.282 e. The van der Waals surface area contributed by atoms with Crippen molar-refractivity contribution in [1.29, 1.82) is 0 Å². The maximum atomic E-state index is 13.4. The summed E-state index contributed by atoms with van der Waals surface area (Å²) in [6.07, 6.45) is 1.62. The number of hydrogen-bond donors (Lipinski definition) is 0. The minimum absolute atomic E-state index is 0.228. The molecular weight excluding hydrogens is 494 g/mol. The first-order valence-corrected chi connectivity index (χ1v) is 12.6. The number of fused-ring (bicyclic) bond motifs is 2. The third kappa shape index (κ3) is 5.04. The molecule has 8 nitrogen and oxygen atoms in total. The molecular formula is C31H25N3O5. The highest BCUT2D eigenvalue weighted by atomic mass is 16.7. The van der Waals surface area contributed by atoms with E-state index in [9.17, 15) is 4.79 Å². The Bertz CT molecular complexity index is 1730. The van der Waals surface area contributed by atoms with E-state index in [1.54, 1.807) is 12.3 Å². The predicted octanol–water partition coefficient (Wildman–Crippen LogP) is 5.65. The van der Waals surface area contributed by atoms with E-state index in [0.29, 0.717) is 47.2 Å². The fraction of sp³-hybridized carbons (Fsp3) is 0.129. The summed E-state index contributed by atoms with van der Waals surface area (Å²) >= 11 is 0. The number of para-hydroxylation sites is 1. The van der Waals surface area contributed by atoms with E-state index < -0.39 is 0 Å². The summed E-state index contributed by atoms with van der Waals surface area (Å²) in [6.45, 7) is 2.94. The Balaban J connectivity index is 1.30. The zero-order valence-corrected chi connectivity index (χ0v) is 21.2. The first-order valence-electron chi connectivity index (χ1n) is 12.6. The van der Waals surface area contributed by atoms with Gasteiger partial charge in [0, 0.05) is 5.56 Å². The van der Waals surface area contributed by atoms with Crippen LogP contribution in [-0.2, 0) is 6.61 Å². The second-order valence-corrected chi connectivity index (χ2v) is 8.80. The van der Waals surface area contributed by atoms with Crippen molar-refractivity contribution in [2.24, 2.45) is 5.10 Å². The molecule has 8 heteroatoms. The number of nitrogens with zero attached hydrogens (tertiary/aromatic N) is 3. The zero-order chi connectivity index (χ0) is 26.6. The monoisotopic (exact) mass is 519 g/mol. The van der Waals surface area contributed by atoms with Gasteiger partial charge in [-0.05, 0) is 60.5 Å². The minimum Gasteiger partial charge on any atom is -0.490 e. The lowest BCUT2D eigenvalue weighted by Crippen LogP contribution is -2.20. The molecule has 0 spiro atoms. The van der Waals surface area contributed by atoms with Gasteiger partial charge >= 0.3 is 0 Å². The van der Waals surface area contributed by atoms with Crippen LogP contribution < -0.4 is 24.5 Å². The van der Waals surface area contributed by atoms with Crippen molar-refractivity contribution in [1.82, 2.24) is 9.66 Å². The van der Waals surface area contributed by atoms with E-state index in [0.717, 1.165) is 22.4 Å². The van der Waals surface area contributed by atoms with Gasteiger partial charge in [-0.1, -0.05) is 48.5 Å². The van der Waals surface area contributed by atoms with Crippen molar-refractivity contribution in [3.63, 3.8) is 0 Å². The lowest BCUT2D eigenvalue weighted by atomic mass is 10.2. The van der Waals surface area contributed by atoms with Crippen LogP contribution in [-0.4, -0.2) is 29.3 Å². The fourth-order valence-electron chi connectivity index (χ4n) is 4.31. The Morgan fingerprint density at radius 3 is 2.59 bits per heavy atom. The summed E-state index contributed by atoms with van der Waals surface area (Å²) in [4.78, 5) is 18.1. The van der Waals surface area contributed by atoms with Crippen LogP contribution in [0.4, 0.5) is 0 Å². The summed E-state index contributed by atoms with van der Waals surface area (Å²) in [5.41, 5.74) is 2.86. The summed E-state index contributed by atoms with van der Waals surface area (Å²) in [7, 11) is 0. The molecule has 0 aliphatic carbocycles. The molecule has 0 N–H and O–H groups in total. The van der Waals surface area contributed by atoms with Gasteiger partial charge in [-0.25, -0.2) is 4.98 Å². The van der Waals surface area contributed by atoms with Gasteiger partial charge in [-0.3, -0.25) is 4.79 Å². The Hall–Kier alpha value is -5.11. The van der Waals surface area contributed by atoms with Crippen LogP contribution in [0.5, 0.6) is 23.0 Å². The van der Waals surface area contributed by atoms with E-state index in [1.807, 2.05) is 91.9 Å². The third-order valence-electron chi connectivity index (χ3n) is 6.21. The van der Waals surface area contributed by atoms with Crippen molar-refractivity contribution in [2.75, 3.05) is 13.4 Å². The molecule has 0 amide bonds. The Morgan fingerprint density at radius 1 is 0.897 bits per heavy atom. The molecule has 0 radical (unpaired) electrons. The molecule has 39 heavy (non-hydrogen) atoms. The van der Waals surface area contributed by atoms with Crippen LogP contribution in [0.15, 0.2) is 101 Å². The first-order chi connectivity index (χ1) is 19.2. The highest BCUT2D eigenvalue weighted by molar-refractivity contribution is 5.82. The minimum atomic E-state index is -0.246. The van der Waals surface area contributed by atoms with E-state index in [2.05, 4.69) is 5.10 Å². The molecule has 0 atom stereocenters. The molecule has 0 saturated carbocycles. The SMILES string of the molecule is CCOc1cc(C=Nn2c(-c3ccccc3)nc3ccccc3c2=O)ccc1OCc1ccc2c(c1)OCO2. The van der Waals surface area contributed by atoms with Crippen molar-refractivity contribution >= 4 is 17.1 Å². The van der Waals surface area contributed by atoms with E-state index in [-0.39, 0.29) is 12.4 Å². The van der Waals surface area contributed by atoms with Gasteiger partial charge in [0.15, 0.2) is 28.8 Å². The topological polar surface area (TPSA) is 84.2 Å². The fourth-order valence-corrected chi connectivity index (χ4v) is 4.31. The number of aromatic nitrogens is 2. The Labute approximate surface area is 224 Å². The lowest BCUT2D eigenvalue weighted by Gasteiger charge is -2.13. The van der Waals surface area contributed by atoms with E-state index in [4.69, 9.17) is 23.9 Å². The van der Waals surface area contributed by atoms with Crippen LogP contribution in [0.3, 0.4) is 0 Å². The summed E-state index contributed by atoms with van der Waals surface area (Å²) in [5, 5.41) is 5.05. The molecule has 6 rings (SSSR count). The second-order valence-electron chi connectivity index (χ2n) is 8.80. The van der Waals surface area contributed by atoms with E-state index in [1.165, 1.54) is 4.68 Å². The van der Waals surface area contributed by atoms with Crippen LogP contribution in [0.25, 0.3) is 22.3 Å². The van der Waals surface area contributed by atoms with Crippen LogP contribution in [0, 0.1) is 0 Å². The molecule has 1 aliphatic rings. The Morgan fingerprint density at radius 2 is 1.72 bits per heavy atom. The highest BCUT2D eigenvalue weighted by Crippen LogP contribution is 2.34. The zero-order valence-electron chi connectivity index (χ0n) is 21.2. The lowest BCUT2D eigenvalue weighted by molar-refractivity contribution is 0.174. The average Bonchev–Trinajstić information content (AvgIpc) is 3.45. The van der Waals surface area contributed by atoms with Crippen molar-refractivity contribution < 1.29 is 18.9 Å². The number of benzene rings is 4. The van der Waals surface area contributed by atoms with Gasteiger partial charge in [0.1, 0.15) is 6.61 Å². The van der Waals surface area contributed by atoms with Crippen LogP contribution in [0.2, 0.25) is 0 Å². The molecule has 2 heterocycles. The van der Waals surface area contributed by atoms with E-state index >= 15 is 0 Å². The smallest absolute Gasteiger partial charge is 0.282 e. The van der Waals surface area contributed by atoms with Crippen LogP contribution in [0.1, 0.15) is 18.1 Å². The summed E-state index contributed by atoms with van der Waals surface area (Å²) in [6, 6.07) is 28.1. The van der Waals surface area contributed by atoms with Gasteiger partial charge in [0.25, 0.3) is 5.56 Å². The molecule has 0 unspecified atom stereocenters. The molecule has 194 valence electrons. The molecule has 1 aliphatic heterocycles.